The molecule has 3 unspecified atom stereocenters. The summed E-state index contributed by atoms with van der Waals surface area (Å²) in [6, 6.07) is 8.91. The summed E-state index contributed by atoms with van der Waals surface area (Å²) < 4.78 is 0. The number of nitrogens with two attached hydrogens (primary N) is 1. The molecule has 0 radical (unpaired) electrons. The van der Waals surface area contributed by atoms with Gasteiger partial charge in [0.05, 0.1) is 0 Å². The molecule has 118 valence electrons. The molecular formula is C19H26N2O. The minimum atomic E-state index is 0.0313. The number of aryl methyl sites for hydroxylation is 1. The molecule has 1 aliphatic heterocycles. The number of fused-ring (bicyclic) bond motifs is 2. The van der Waals surface area contributed by atoms with Crippen molar-refractivity contribution in [3.8, 4) is 0 Å². The topological polar surface area (TPSA) is 46.3 Å². The fourth-order valence-corrected chi connectivity index (χ4v) is 4.70. The first-order valence-corrected chi connectivity index (χ1v) is 8.57. The number of carbonyl (C=O) groups excluding carboxylic acids is 1. The van der Waals surface area contributed by atoms with Crippen LogP contribution in [-0.2, 0) is 16.6 Å². The molecule has 4 rings (SSSR count). The van der Waals surface area contributed by atoms with Crippen molar-refractivity contribution in [1.82, 2.24) is 4.90 Å². The second-order valence-corrected chi connectivity index (χ2v) is 8.21. The second kappa shape index (κ2) is 4.58. The predicted molar refractivity (Wildman–Crippen MR) is 87.5 cm³/mol. The molecule has 1 heterocycles. The summed E-state index contributed by atoms with van der Waals surface area (Å²) >= 11 is 0. The summed E-state index contributed by atoms with van der Waals surface area (Å²) in [5.41, 5.74) is 9.31. The van der Waals surface area contributed by atoms with E-state index in [0.717, 1.165) is 38.8 Å². The molecule has 2 N–H and O–H groups in total. The molecule has 22 heavy (non-hydrogen) atoms. The third-order valence-electron chi connectivity index (χ3n) is 6.39. The highest BCUT2D eigenvalue weighted by Crippen LogP contribution is 2.62. The summed E-state index contributed by atoms with van der Waals surface area (Å²) in [6.07, 6.45) is 4.26. The maximum Gasteiger partial charge on any atom is 0.226 e. The molecule has 2 fully saturated rings. The molecule has 1 amide bonds. The molecule has 3 aliphatic rings. The number of hydrogen-bond acceptors (Lipinski definition) is 2. The molecule has 2 aliphatic carbocycles. The van der Waals surface area contributed by atoms with Crippen molar-refractivity contribution in [3.63, 3.8) is 0 Å². The Hall–Kier alpha value is -1.35. The van der Waals surface area contributed by atoms with Gasteiger partial charge in [-0.05, 0) is 42.2 Å². The number of nitrogens with zero attached hydrogens (tertiary/aromatic N) is 1. The first kappa shape index (κ1) is 14.3. The van der Waals surface area contributed by atoms with Crippen molar-refractivity contribution in [2.75, 3.05) is 13.1 Å². The summed E-state index contributed by atoms with van der Waals surface area (Å²) in [5, 5.41) is 0. The van der Waals surface area contributed by atoms with E-state index in [4.69, 9.17) is 5.73 Å². The Balaban J connectivity index is 1.53. The van der Waals surface area contributed by atoms with Crippen LogP contribution in [0.5, 0.6) is 0 Å². The summed E-state index contributed by atoms with van der Waals surface area (Å²) in [5.74, 6) is 0.581. The van der Waals surface area contributed by atoms with E-state index in [2.05, 4.69) is 43.0 Å². The second-order valence-electron chi connectivity index (χ2n) is 8.21. The number of carbonyl (C=O) groups is 1. The van der Waals surface area contributed by atoms with Gasteiger partial charge in [-0.25, -0.2) is 0 Å². The van der Waals surface area contributed by atoms with Gasteiger partial charge in [0.1, 0.15) is 0 Å². The van der Waals surface area contributed by atoms with Gasteiger partial charge in [0.2, 0.25) is 5.91 Å². The Morgan fingerprint density at radius 3 is 2.86 bits per heavy atom. The van der Waals surface area contributed by atoms with Crippen molar-refractivity contribution in [3.05, 3.63) is 35.4 Å². The Bertz CT molecular complexity index is 624. The highest BCUT2D eigenvalue weighted by atomic mass is 16.2. The van der Waals surface area contributed by atoms with Gasteiger partial charge in [-0.2, -0.15) is 0 Å². The van der Waals surface area contributed by atoms with Gasteiger partial charge < -0.3 is 10.6 Å². The van der Waals surface area contributed by atoms with Crippen LogP contribution in [0, 0.1) is 11.3 Å². The molecule has 1 saturated carbocycles. The van der Waals surface area contributed by atoms with Crippen LogP contribution in [0.1, 0.15) is 44.2 Å². The molecule has 1 aromatic carbocycles. The van der Waals surface area contributed by atoms with Crippen LogP contribution in [0.15, 0.2) is 24.3 Å². The number of rotatable bonds is 1. The Morgan fingerprint density at radius 1 is 1.32 bits per heavy atom. The first-order chi connectivity index (χ1) is 10.4. The van der Waals surface area contributed by atoms with E-state index in [0.29, 0.717) is 5.91 Å². The average molecular weight is 298 g/mol. The fourth-order valence-electron chi connectivity index (χ4n) is 4.70. The quantitative estimate of drug-likeness (QED) is 0.866. The van der Waals surface area contributed by atoms with Gasteiger partial charge in [0.25, 0.3) is 0 Å². The maximum atomic E-state index is 13.0. The van der Waals surface area contributed by atoms with Crippen LogP contribution in [-0.4, -0.2) is 29.9 Å². The van der Waals surface area contributed by atoms with Gasteiger partial charge in [-0.15, -0.1) is 0 Å². The van der Waals surface area contributed by atoms with E-state index in [1.165, 1.54) is 11.1 Å². The Kier molecular flexibility index (Phi) is 2.96. The van der Waals surface area contributed by atoms with Crippen molar-refractivity contribution in [1.29, 1.82) is 0 Å². The van der Waals surface area contributed by atoms with Gasteiger partial charge in [-0.3, -0.25) is 4.79 Å². The number of piperidine rings is 1. The van der Waals surface area contributed by atoms with Gasteiger partial charge in [-0.1, -0.05) is 38.1 Å². The first-order valence-electron chi connectivity index (χ1n) is 8.57. The minimum absolute atomic E-state index is 0.0313. The van der Waals surface area contributed by atoms with Crippen molar-refractivity contribution in [2.24, 2.45) is 17.1 Å². The number of amides is 1. The normalized spacial score (nSPS) is 35.5. The zero-order valence-electron chi connectivity index (χ0n) is 13.6. The summed E-state index contributed by atoms with van der Waals surface area (Å²) in [4.78, 5) is 15.1. The molecule has 1 spiro atoms. The monoisotopic (exact) mass is 298 g/mol. The molecular weight excluding hydrogens is 272 g/mol. The van der Waals surface area contributed by atoms with Gasteiger partial charge in [0.15, 0.2) is 0 Å². The maximum absolute atomic E-state index is 13.0. The molecule has 0 aromatic heterocycles. The minimum Gasteiger partial charge on any atom is -0.342 e. The van der Waals surface area contributed by atoms with Crippen LogP contribution in [0.25, 0.3) is 0 Å². The third kappa shape index (κ3) is 1.95. The van der Waals surface area contributed by atoms with Gasteiger partial charge in [0, 0.05) is 30.5 Å². The van der Waals surface area contributed by atoms with Gasteiger partial charge >= 0.3 is 0 Å². The van der Waals surface area contributed by atoms with Crippen LogP contribution < -0.4 is 5.73 Å². The van der Waals surface area contributed by atoms with E-state index >= 15 is 0 Å². The molecule has 0 bridgehead atoms. The van der Waals surface area contributed by atoms with Crippen LogP contribution in [0.4, 0.5) is 0 Å². The molecule has 1 saturated heterocycles. The Labute approximate surface area is 132 Å². The highest BCUT2D eigenvalue weighted by Gasteiger charge is 2.62. The third-order valence-corrected chi connectivity index (χ3v) is 6.39. The number of benzene rings is 1. The van der Waals surface area contributed by atoms with Crippen molar-refractivity contribution in [2.45, 2.75) is 51.0 Å². The standard InChI is InChI=1S/C19H26N2O/c1-18(2)12-21(10-8-16(18)20)17(22)15-11-19(15)9-7-13-5-3-4-6-14(13)19/h3-6,15-16H,7-12,20H2,1-2H3. The van der Waals surface area contributed by atoms with E-state index < -0.39 is 0 Å². The van der Waals surface area contributed by atoms with Crippen LogP contribution >= 0.6 is 0 Å². The number of likely N-dealkylation sites (tertiary alicyclic amines) is 1. The highest BCUT2D eigenvalue weighted by molar-refractivity contribution is 5.85. The SMILES string of the molecule is CC1(C)CN(C(=O)C2CC23CCc2ccccc23)CCC1N. The molecule has 3 atom stereocenters. The van der Waals surface area contributed by atoms with E-state index in [9.17, 15) is 4.79 Å². The zero-order chi connectivity index (χ0) is 15.5. The lowest BCUT2D eigenvalue weighted by atomic mass is 9.79. The lowest BCUT2D eigenvalue weighted by Gasteiger charge is -2.43. The number of hydrogen-bond donors (Lipinski definition) is 1. The van der Waals surface area contributed by atoms with E-state index in [1.54, 1.807) is 0 Å². The largest absolute Gasteiger partial charge is 0.342 e. The zero-order valence-corrected chi connectivity index (χ0v) is 13.6. The van der Waals surface area contributed by atoms with E-state index in [1.807, 2.05) is 0 Å². The molecule has 3 nitrogen and oxygen atoms in total. The summed E-state index contributed by atoms with van der Waals surface area (Å²) in [6.45, 7) is 6.01. The van der Waals surface area contributed by atoms with Crippen LogP contribution in [0.2, 0.25) is 0 Å². The van der Waals surface area contributed by atoms with Crippen molar-refractivity contribution < 1.29 is 4.79 Å². The average Bonchev–Trinajstić information content (AvgIpc) is 3.11. The molecule has 3 heteroatoms. The fraction of sp³-hybridized carbons (Fsp3) is 0.632. The van der Waals surface area contributed by atoms with Crippen molar-refractivity contribution >= 4 is 5.91 Å². The lowest BCUT2D eigenvalue weighted by molar-refractivity contribution is -0.136. The van der Waals surface area contributed by atoms with E-state index in [-0.39, 0.29) is 22.8 Å². The summed E-state index contributed by atoms with van der Waals surface area (Å²) in [7, 11) is 0. The Morgan fingerprint density at radius 2 is 2.09 bits per heavy atom. The predicted octanol–water partition coefficient (Wildman–Crippen LogP) is 2.48. The van der Waals surface area contributed by atoms with Crippen LogP contribution in [0.3, 0.4) is 0 Å². The molecule has 1 aromatic rings. The smallest absolute Gasteiger partial charge is 0.226 e. The lowest BCUT2D eigenvalue weighted by Crippen LogP contribution is -2.54.